The van der Waals surface area contributed by atoms with Crippen LogP contribution in [-0.4, -0.2) is 19.0 Å². The Bertz CT molecular complexity index is 555. The van der Waals surface area contributed by atoms with Crippen molar-refractivity contribution in [3.63, 3.8) is 0 Å². The maximum atomic E-state index is 13.2. The van der Waals surface area contributed by atoms with Gasteiger partial charge in [0.15, 0.2) is 0 Å². The Balaban J connectivity index is 2.28. The lowest BCUT2D eigenvalue weighted by atomic mass is 9.91. The Labute approximate surface area is 109 Å². The molecule has 0 radical (unpaired) electrons. The molecule has 3 N–H and O–H groups in total. The van der Waals surface area contributed by atoms with Gasteiger partial charge in [0.2, 0.25) is 5.91 Å². The number of carbonyl (C=O) groups is 1. The predicted octanol–water partition coefficient (Wildman–Crippen LogP) is 1.35. The minimum Gasteiger partial charge on any atom is -0.368 e. The highest BCUT2D eigenvalue weighted by molar-refractivity contribution is 5.87. The average Bonchev–Trinajstić information content (AvgIpc) is 2.74. The molecule has 0 saturated carbocycles. The van der Waals surface area contributed by atoms with Gasteiger partial charge in [-0.3, -0.25) is 10.1 Å². The van der Waals surface area contributed by atoms with Gasteiger partial charge < -0.3 is 5.73 Å². The summed E-state index contributed by atoms with van der Waals surface area (Å²) in [6.45, 7) is 0.561. The molecule has 0 aromatic heterocycles. The fourth-order valence-electron chi connectivity index (χ4n) is 2.53. The molecule has 0 aliphatic heterocycles. The van der Waals surface area contributed by atoms with Gasteiger partial charge in [0.1, 0.15) is 11.4 Å². The number of hydrogen-bond donors (Lipinski definition) is 2. The third-order valence-corrected chi connectivity index (χ3v) is 3.42. The number of benzene rings is 1. The van der Waals surface area contributed by atoms with Gasteiger partial charge >= 0.3 is 0 Å². The van der Waals surface area contributed by atoms with Gasteiger partial charge in [0.25, 0.3) is 0 Å². The van der Waals surface area contributed by atoms with E-state index in [9.17, 15) is 9.18 Å². The number of halogens is 1. The summed E-state index contributed by atoms with van der Waals surface area (Å²) in [5.41, 5.74) is 14.2. The van der Waals surface area contributed by atoms with E-state index in [0.29, 0.717) is 24.9 Å². The van der Waals surface area contributed by atoms with Gasteiger partial charge in [-0.1, -0.05) is 11.2 Å². The number of nitrogens with one attached hydrogen (secondary N) is 1. The molecule has 0 spiro atoms. The van der Waals surface area contributed by atoms with E-state index >= 15 is 0 Å². The molecule has 1 aliphatic carbocycles. The van der Waals surface area contributed by atoms with E-state index in [1.165, 1.54) is 12.1 Å². The second-order valence-electron chi connectivity index (χ2n) is 4.45. The second-order valence-corrected chi connectivity index (χ2v) is 4.45. The maximum Gasteiger partial charge on any atom is 0.242 e. The van der Waals surface area contributed by atoms with Crippen molar-refractivity contribution in [3.8, 4) is 0 Å². The molecule has 0 heterocycles. The molecule has 1 atom stereocenters. The van der Waals surface area contributed by atoms with Crippen molar-refractivity contribution in [2.75, 3.05) is 13.1 Å². The largest absolute Gasteiger partial charge is 0.368 e. The van der Waals surface area contributed by atoms with Crippen molar-refractivity contribution in [2.45, 2.75) is 18.4 Å². The molecule has 1 aromatic rings. The Hall–Kier alpha value is -2.11. The number of nitrogens with zero attached hydrogens (tertiary/aromatic N) is 3. The number of rotatable bonds is 5. The van der Waals surface area contributed by atoms with Gasteiger partial charge in [0, 0.05) is 18.0 Å². The third-order valence-electron chi connectivity index (χ3n) is 3.42. The molecule has 7 heteroatoms. The van der Waals surface area contributed by atoms with Gasteiger partial charge in [-0.25, -0.2) is 4.39 Å². The van der Waals surface area contributed by atoms with E-state index in [-0.39, 0.29) is 12.4 Å². The van der Waals surface area contributed by atoms with Crippen LogP contribution in [0, 0.1) is 5.82 Å². The Morgan fingerprint density at radius 3 is 3.11 bits per heavy atom. The lowest BCUT2D eigenvalue weighted by Gasteiger charge is -2.28. The van der Waals surface area contributed by atoms with Crippen LogP contribution in [0.15, 0.2) is 23.3 Å². The zero-order valence-corrected chi connectivity index (χ0v) is 10.3. The quantitative estimate of drug-likeness (QED) is 0.362. The van der Waals surface area contributed by atoms with Crippen LogP contribution < -0.4 is 11.1 Å². The Morgan fingerprint density at radius 1 is 1.63 bits per heavy atom. The summed E-state index contributed by atoms with van der Waals surface area (Å²) in [6.07, 6.45) is 1.07. The summed E-state index contributed by atoms with van der Waals surface area (Å²) < 4.78 is 13.2. The van der Waals surface area contributed by atoms with E-state index in [4.69, 9.17) is 11.3 Å². The highest BCUT2D eigenvalue weighted by Gasteiger charge is 2.43. The molecule has 1 aliphatic rings. The topological polar surface area (TPSA) is 104 Å². The first-order valence-corrected chi connectivity index (χ1v) is 5.95. The van der Waals surface area contributed by atoms with Crippen molar-refractivity contribution in [3.05, 3.63) is 45.6 Å². The number of aryl methyl sites for hydroxylation is 1. The molecular formula is C12H14FN5O. The first kappa shape index (κ1) is 13.3. The molecule has 0 saturated heterocycles. The Morgan fingerprint density at radius 2 is 2.42 bits per heavy atom. The number of azide groups is 1. The lowest BCUT2D eigenvalue weighted by molar-refractivity contribution is -0.124. The SMILES string of the molecule is [N-]=[N+]=NCCNC1(C(N)=O)CCc2cc(F)ccc21. The van der Waals surface area contributed by atoms with E-state index < -0.39 is 11.4 Å². The maximum absolute atomic E-state index is 13.2. The smallest absolute Gasteiger partial charge is 0.242 e. The molecule has 0 fully saturated rings. The standard InChI is InChI=1S/C12H14FN5O/c13-9-1-2-10-8(7-9)3-4-12(10,11(14)19)16-5-6-17-18-15/h1-2,7,16H,3-6H2,(H2,14,19). The molecular weight excluding hydrogens is 249 g/mol. The van der Waals surface area contributed by atoms with Gasteiger partial charge in [-0.05, 0) is 41.6 Å². The van der Waals surface area contributed by atoms with Crippen LogP contribution in [0.2, 0.25) is 0 Å². The summed E-state index contributed by atoms with van der Waals surface area (Å²) in [5.74, 6) is -0.827. The fraction of sp³-hybridized carbons (Fsp3) is 0.417. The summed E-state index contributed by atoms with van der Waals surface area (Å²) in [5, 5.41) is 6.44. The van der Waals surface area contributed by atoms with E-state index in [0.717, 1.165) is 5.56 Å². The van der Waals surface area contributed by atoms with Crippen molar-refractivity contribution in [1.82, 2.24) is 5.32 Å². The summed E-state index contributed by atoms with van der Waals surface area (Å²) in [7, 11) is 0. The summed E-state index contributed by atoms with van der Waals surface area (Å²) in [4.78, 5) is 14.4. The van der Waals surface area contributed by atoms with E-state index in [2.05, 4.69) is 15.3 Å². The number of primary amides is 1. The predicted molar refractivity (Wildman–Crippen MR) is 67.6 cm³/mol. The minimum atomic E-state index is -0.992. The van der Waals surface area contributed by atoms with Crippen LogP contribution in [0.1, 0.15) is 17.5 Å². The van der Waals surface area contributed by atoms with Crippen molar-refractivity contribution >= 4 is 5.91 Å². The summed E-state index contributed by atoms with van der Waals surface area (Å²) in [6, 6.07) is 4.33. The van der Waals surface area contributed by atoms with Gasteiger partial charge in [-0.2, -0.15) is 0 Å². The first-order chi connectivity index (χ1) is 9.10. The number of amides is 1. The van der Waals surface area contributed by atoms with Gasteiger partial charge in [0.05, 0.1) is 0 Å². The van der Waals surface area contributed by atoms with Crippen molar-refractivity contribution in [2.24, 2.45) is 10.8 Å². The zero-order chi connectivity index (χ0) is 13.9. The monoisotopic (exact) mass is 263 g/mol. The molecule has 19 heavy (non-hydrogen) atoms. The van der Waals surface area contributed by atoms with Crippen LogP contribution in [0.3, 0.4) is 0 Å². The van der Waals surface area contributed by atoms with E-state index in [1.807, 2.05) is 0 Å². The number of nitrogens with two attached hydrogens (primary N) is 1. The fourth-order valence-corrected chi connectivity index (χ4v) is 2.53. The highest BCUT2D eigenvalue weighted by Crippen LogP contribution is 2.37. The van der Waals surface area contributed by atoms with Crippen LogP contribution in [0.5, 0.6) is 0 Å². The first-order valence-electron chi connectivity index (χ1n) is 5.95. The molecule has 0 bridgehead atoms. The second kappa shape index (κ2) is 5.26. The normalized spacial score (nSPS) is 20.7. The Kier molecular flexibility index (Phi) is 3.69. The lowest BCUT2D eigenvalue weighted by Crippen LogP contribution is -2.52. The minimum absolute atomic E-state index is 0.224. The van der Waals surface area contributed by atoms with Crippen LogP contribution in [0.4, 0.5) is 4.39 Å². The van der Waals surface area contributed by atoms with Crippen molar-refractivity contribution < 1.29 is 9.18 Å². The third kappa shape index (κ3) is 2.38. The zero-order valence-electron chi connectivity index (χ0n) is 10.3. The number of carbonyl (C=O) groups excluding carboxylic acids is 1. The van der Waals surface area contributed by atoms with Crippen LogP contribution in [0.25, 0.3) is 10.4 Å². The van der Waals surface area contributed by atoms with E-state index in [1.54, 1.807) is 6.07 Å². The molecule has 1 amide bonds. The summed E-state index contributed by atoms with van der Waals surface area (Å²) >= 11 is 0. The molecule has 1 unspecified atom stereocenters. The van der Waals surface area contributed by atoms with Crippen LogP contribution >= 0.6 is 0 Å². The average molecular weight is 263 g/mol. The molecule has 100 valence electrons. The highest BCUT2D eigenvalue weighted by atomic mass is 19.1. The number of fused-ring (bicyclic) bond motifs is 1. The van der Waals surface area contributed by atoms with Crippen molar-refractivity contribution in [1.29, 1.82) is 0 Å². The molecule has 2 rings (SSSR count). The molecule has 6 nitrogen and oxygen atoms in total. The number of hydrogen-bond acceptors (Lipinski definition) is 3. The van der Waals surface area contributed by atoms with Crippen LogP contribution in [-0.2, 0) is 16.8 Å². The molecule has 1 aromatic carbocycles. The van der Waals surface area contributed by atoms with Gasteiger partial charge in [-0.15, -0.1) is 0 Å².